The van der Waals surface area contributed by atoms with Gasteiger partial charge in [-0.3, -0.25) is 9.78 Å². The van der Waals surface area contributed by atoms with E-state index in [-0.39, 0.29) is 28.1 Å². The molecule has 1 amide bonds. The highest BCUT2D eigenvalue weighted by Crippen LogP contribution is 2.36. The van der Waals surface area contributed by atoms with Crippen LogP contribution in [0.2, 0.25) is 0 Å². The topological polar surface area (TPSA) is 85.4 Å². The second-order valence-electron chi connectivity index (χ2n) is 7.33. The molecule has 0 aliphatic rings. The average molecular weight is 500 g/mol. The number of nitrogens with zero attached hydrogens (tertiary/aromatic N) is 1. The van der Waals surface area contributed by atoms with Crippen LogP contribution in [-0.4, -0.2) is 32.7 Å². The van der Waals surface area contributed by atoms with Gasteiger partial charge in [-0.1, -0.05) is 0 Å². The third-order valence-electron chi connectivity index (χ3n) is 4.61. The van der Waals surface area contributed by atoms with Crippen molar-refractivity contribution in [3.8, 4) is 16.9 Å². The molecule has 1 N–H and O–H groups in total. The number of carbonyl (C=O) groups is 1. The molecule has 34 heavy (non-hydrogen) atoms. The van der Waals surface area contributed by atoms with Crippen molar-refractivity contribution in [2.24, 2.45) is 0 Å². The van der Waals surface area contributed by atoms with Crippen LogP contribution in [0.1, 0.15) is 21.5 Å². The van der Waals surface area contributed by atoms with Crippen molar-refractivity contribution in [2.75, 3.05) is 18.7 Å². The maximum Gasteiger partial charge on any atom is 0.416 e. The van der Waals surface area contributed by atoms with Crippen LogP contribution in [0, 0.1) is 11.6 Å². The number of alkyl halides is 3. The van der Waals surface area contributed by atoms with Crippen LogP contribution in [0.3, 0.4) is 0 Å². The first kappa shape index (κ1) is 25.1. The third-order valence-corrected chi connectivity index (χ3v) is 5.47. The highest BCUT2D eigenvalue weighted by molar-refractivity contribution is 7.89. The number of nitrogens with one attached hydrogen (secondary N) is 1. The molecule has 0 atom stereocenters. The van der Waals surface area contributed by atoms with Crippen LogP contribution in [0.15, 0.2) is 48.8 Å². The summed E-state index contributed by atoms with van der Waals surface area (Å²) in [5.74, 6) is -4.12. The number of hydrogen-bond acceptors (Lipinski definition) is 5. The van der Waals surface area contributed by atoms with Gasteiger partial charge in [0.1, 0.15) is 5.75 Å². The fourth-order valence-electron chi connectivity index (χ4n) is 3.20. The Bertz CT molecular complexity index is 1360. The molecule has 12 heteroatoms. The number of pyridine rings is 1. The lowest BCUT2D eigenvalue weighted by Gasteiger charge is -2.15. The molecular weight excluding hydrogens is 483 g/mol. The number of rotatable bonds is 6. The lowest BCUT2D eigenvalue weighted by atomic mass is 10.0. The summed E-state index contributed by atoms with van der Waals surface area (Å²) in [7, 11) is -2.46. The molecule has 6 nitrogen and oxygen atoms in total. The Morgan fingerprint density at radius 2 is 1.74 bits per heavy atom. The first-order valence-corrected chi connectivity index (χ1v) is 11.5. The van der Waals surface area contributed by atoms with E-state index in [2.05, 4.69) is 10.3 Å². The van der Waals surface area contributed by atoms with E-state index in [4.69, 9.17) is 4.74 Å². The highest BCUT2D eigenvalue weighted by atomic mass is 32.2. The van der Waals surface area contributed by atoms with Gasteiger partial charge in [-0.25, -0.2) is 17.2 Å². The summed E-state index contributed by atoms with van der Waals surface area (Å²) in [6, 6.07) is 5.27. The highest BCUT2D eigenvalue weighted by Gasteiger charge is 2.32. The molecule has 0 saturated carbocycles. The molecule has 0 unspecified atom stereocenters. The number of hydrogen-bond donors (Lipinski definition) is 1. The summed E-state index contributed by atoms with van der Waals surface area (Å²) >= 11 is 0. The molecule has 180 valence electrons. The van der Waals surface area contributed by atoms with E-state index in [1.165, 1.54) is 25.6 Å². The Hall–Kier alpha value is -3.54. The van der Waals surface area contributed by atoms with Gasteiger partial charge in [-0.2, -0.15) is 13.2 Å². The van der Waals surface area contributed by atoms with Crippen LogP contribution >= 0.6 is 0 Å². The zero-order chi connectivity index (χ0) is 25.3. The minimum Gasteiger partial charge on any atom is -0.496 e. The Morgan fingerprint density at radius 3 is 2.35 bits per heavy atom. The molecule has 0 spiro atoms. The summed E-state index contributed by atoms with van der Waals surface area (Å²) < 4.78 is 95.8. The van der Waals surface area contributed by atoms with Gasteiger partial charge in [0.2, 0.25) is 0 Å². The minimum atomic E-state index is -4.83. The first-order chi connectivity index (χ1) is 15.8. The molecule has 0 aliphatic heterocycles. The molecule has 1 aromatic heterocycles. The number of methoxy groups -OCH3 is 1. The number of halogens is 5. The summed E-state index contributed by atoms with van der Waals surface area (Å²) in [4.78, 5) is 16.7. The van der Waals surface area contributed by atoms with Crippen molar-refractivity contribution in [1.82, 2.24) is 4.98 Å². The van der Waals surface area contributed by atoms with Crippen molar-refractivity contribution in [2.45, 2.75) is 11.9 Å². The fourth-order valence-corrected chi connectivity index (χ4v) is 3.98. The molecule has 0 radical (unpaired) electrons. The quantitative estimate of drug-likeness (QED) is 0.489. The number of amides is 1. The molecular formula is C22H17F5N2O4S. The third kappa shape index (κ3) is 5.87. The second-order valence-corrected chi connectivity index (χ2v) is 9.47. The zero-order valence-electron chi connectivity index (χ0n) is 17.7. The molecule has 2 aromatic carbocycles. The van der Waals surface area contributed by atoms with E-state index < -0.39 is 50.4 Å². The van der Waals surface area contributed by atoms with Gasteiger partial charge in [0.15, 0.2) is 21.5 Å². The van der Waals surface area contributed by atoms with Crippen molar-refractivity contribution in [1.29, 1.82) is 0 Å². The fraction of sp³-hybridized carbons (Fsp3) is 0.182. The van der Waals surface area contributed by atoms with Gasteiger partial charge in [-0.15, -0.1) is 0 Å². The normalized spacial score (nSPS) is 11.9. The van der Waals surface area contributed by atoms with Crippen LogP contribution in [0.4, 0.5) is 27.6 Å². The van der Waals surface area contributed by atoms with E-state index >= 15 is 0 Å². The lowest BCUT2D eigenvalue weighted by Crippen LogP contribution is -2.16. The maximum atomic E-state index is 13.9. The average Bonchev–Trinajstić information content (AvgIpc) is 2.73. The zero-order valence-corrected chi connectivity index (χ0v) is 18.5. The van der Waals surface area contributed by atoms with Gasteiger partial charge < -0.3 is 10.1 Å². The summed E-state index contributed by atoms with van der Waals surface area (Å²) in [5.41, 5.74) is -1.70. The molecule has 0 fully saturated rings. The van der Waals surface area contributed by atoms with Crippen molar-refractivity contribution < 1.29 is 39.9 Å². The number of carbonyl (C=O) groups excluding carboxylic acids is 1. The van der Waals surface area contributed by atoms with Crippen LogP contribution in [0.25, 0.3) is 11.1 Å². The Balaban J connectivity index is 2.05. The predicted molar refractivity (Wildman–Crippen MR) is 114 cm³/mol. The van der Waals surface area contributed by atoms with Gasteiger partial charge >= 0.3 is 6.18 Å². The number of ether oxygens (including phenoxy) is 1. The van der Waals surface area contributed by atoms with E-state index in [1.807, 2.05) is 0 Å². The molecule has 3 rings (SSSR count). The maximum absolute atomic E-state index is 13.9. The summed E-state index contributed by atoms with van der Waals surface area (Å²) in [6.07, 6.45) is -1.51. The molecule has 0 aliphatic carbocycles. The van der Waals surface area contributed by atoms with Crippen LogP contribution < -0.4 is 10.1 Å². The molecule has 3 aromatic rings. The molecule has 0 saturated heterocycles. The second kappa shape index (κ2) is 9.37. The Labute approximate surface area is 191 Å². The van der Waals surface area contributed by atoms with E-state index in [1.54, 1.807) is 0 Å². The van der Waals surface area contributed by atoms with E-state index in [0.717, 1.165) is 24.5 Å². The monoisotopic (exact) mass is 500 g/mol. The number of anilines is 1. The van der Waals surface area contributed by atoms with Crippen LogP contribution in [-0.2, 0) is 21.8 Å². The predicted octanol–water partition coefficient (Wildman–Crippen LogP) is 4.85. The first-order valence-electron chi connectivity index (χ1n) is 9.46. The van der Waals surface area contributed by atoms with E-state index in [9.17, 15) is 35.2 Å². The summed E-state index contributed by atoms with van der Waals surface area (Å²) in [6.45, 7) is 0. The van der Waals surface area contributed by atoms with Crippen molar-refractivity contribution in [3.63, 3.8) is 0 Å². The minimum absolute atomic E-state index is 0.0288. The number of sulfone groups is 1. The number of benzene rings is 2. The number of aromatic nitrogens is 1. The Morgan fingerprint density at radius 1 is 1.06 bits per heavy atom. The SMILES string of the molecule is COc1cc(F)c(F)cc1-c1ccncc1NC(=O)c1cc(CS(C)(=O)=O)cc(C(F)(F)F)c1. The smallest absolute Gasteiger partial charge is 0.416 e. The standard InChI is InChI=1S/C22H17F5N2O4S/c1-33-20-9-18(24)17(23)8-16(20)15-3-4-28-10-19(15)29-21(30)13-5-12(11-34(2,31)32)6-14(7-13)22(25,26)27/h3-10H,11H2,1-2H3,(H,29,30). The largest absolute Gasteiger partial charge is 0.496 e. The summed E-state index contributed by atoms with van der Waals surface area (Å²) in [5, 5.41) is 2.39. The lowest BCUT2D eigenvalue weighted by molar-refractivity contribution is -0.137. The van der Waals surface area contributed by atoms with Gasteiger partial charge in [0.25, 0.3) is 5.91 Å². The van der Waals surface area contributed by atoms with Gasteiger partial charge in [-0.05, 0) is 35.9 Å². The molecule has 0 bridgehead atoms. The van der Waals surface area contributed by atoms with Crippen molar-refractivity contribution in [3.05, 3.63) is 77.1 Å². The van der Waals surface area contributed by atoms with E-state index in [0.29, 0.717) is 12.1 Å². The van der Waals surface area contributed by atoms with Crippen molar-refractivity contribution >= 4 is 21.4 Å². The van der Waals surface area contributed by atoms with Gasteiger partial charge in [0.05, 0.1) is 30.3 Å². The molecule has 1 heterocycles. The van der Waals surface area contributed by atoms with Gasteiger partial charge in [0, 0.05) is 35.2 Å². The van der Waals surface area contributed by atoms with Crippen LogP contribution in [0.5, 0.6) is 5.75 Å². The Kier molecular flexibility index (Phi) is 6.92.